The predicted octanol–water partition coefficient (Wildman–Crippen LogP) is 3.05. The largest absolute Gasteiger partial charge is 0.349 e. The molecule has 2 aromatic rings. The van der Waals surface area contributed by atoms with Crippen molar-refractivity contribution in [3.8, 4) is 0 Å². The van der Waals surface area contributed by atoms with Gasteiger partial charge in [-0.3, -0.25) is 9.59 Å². The maximum absolute atomic E-state index is 12.5. The second-order valence-corrected chi connectivity index (χ2v) is 6.11. The van der Waals surface area contributed by atoms with Crippen LogP contribution < -0.4 is 10.9 Å². The van der Waals surface area contributed by atoms with Gasteiger partial charge in [-0.05, 0) is 50.8 Å². The highest BCUT2D eigenvalue weighted by atomic mass is 16.2. The fourth-order valence-corrected chi connectivity index (χ4v) is 2.70. The summed E-state index contributed by atoms with van der Waals surface area (Å²) < 4.78 is 0. The normalized spacial score (nSPS) is 12.0. The van der Waals surface area contributed by atoms with E-state index in [1.807, 2.05) is 19.9 Å². The van der Waals surface area contributed by atoms with E-state index in [1.165, 1.54) is 11.1 Å². The minimum atomic E-state index is -0.329. The number of amides is 1. The number of hydrogen-bond donors (Lipinski definition) is 2. The molecule has 0 unspecified atom stereocenters. The van der Waals surface area contributed by atoms with Gasteiger partial charge in [0.05, 0.1) is 0 Å². The summed E-state index contributed by atoms with van der Waals surface area (Å²) in [5.41, 5.74) is 3.73. The molecule has 1 heterocycles. The van der Waals surface area contributed by atoms with Crippen LogP contribution in [0.3, 0.4) is 0 Å². The third kappa shape index (κ3) is 4.31. The molecule has 0 aliphatic rings. The highest BCUT2D eigenvalue weighted by molar-refractivity contribution is 5.95. The van der Waals surface area contributed by atoms with E-state index in [0.717, 1.165) is 18.5 Å². The molecule has 4 heteroatoms. The second-order valence-electron chi connectivity index (χ2n) is 6.11. The van der Waals surface area contributed by atoms with Crippen molar-refractivity contribution >= 4 is 5.91 Å². The number of carbonyl (C=O) groups excluding carboxylic acids is 1. The van der Waals surface area contributed by atoms with Crippen LogP contribution in [0.4, 0.5) is 0 Å². The summed E-state index contributed by atoms with van der Waals surface area (Å²) in [4.78, 5) is 27.2. The number of aromatic nitrogens is 1. The highest BCUT2D eigenvalue weighted by Crippen LogP contribution is 2.10. The zero-order valence-corrected chi connectivity index (χ0v) is 14.2. The van der Waals surface area contributed by atoms with Crippen molar-refractivity contribution in [3.63, 3.8) is 0 Å². The van der Waals surface area contributed by atoms with Gasteiger partial charge in [0.1, 0.15) is 5.56 Å². The summed E-state index contributed by atoms with van der Waals surface area (Å²) in [7, 11) is 0. The Morgan fingerprint density at radius 3 is 2.39 bits per heavy atom. The standard InChI is InChI=1S/C19H24N2O2/c1-5-16(11-15-8-6-12(2)7-9-15)21-19(23)17-13(3)10-14(4)20-18(17)22/h6-10,16H,5,11H2,1-4H3,(H,20,22)(H,21,23)/t16-/m0/s1. The monoisotopic (exact) mass is 312 g/mol. The summed E-state index contributed by atoms with van der Waals surface area (Å²) in [5.74, 6) is -0.303. The molecule has 1 atom stereocenters. The molecule has 0 fully saturated rings. The smallest absolute Gasteiger partial charge is 0.261 e. The molecule has 0 radical (unpaired) electrons. The lowest BCUT2D eigenvalue weighted by atomic mass is 10.0. The zero-order chi connectivity index (χ0) is 17.0. The van der Waals surface area contributed by atoms with Gasteiger partial charge in [-0.2, -0.15) is 0 Å². The van der Waals surface area contributed by atoms with E-state index in [9.17, 15) is 9.59 Å². The predicted molar refractivity (Wildman–Crippen MR) is 93.0 cm³/mol. The van der Waals surface area contributed by atoms with Crippen LogP contribution >= 0.6 is 0 Å². The van der Waals surface area contributed by atoms with Crippen molar-refractivity contribution in [2.45, 2.75) is 46.6 Å². The molecule has 23 heavy (non-hydrogen) atoms. The topological polar surface area (TPSA) is 62.0 Å². The zero-order valence-electron chi connectivity index (χ0n) is 14.2. The molecule has 0 spiro atoms. The average molecular weight is 312 g/mol. The lowest BCUT2D eigenvalue weighted by Gasteiger charge is -2.18. The number of benzene rings is 1. The second kappa shape index (κ2) is 7.27. The van der Waals surface area contributed by atoms with E-state index in [-0.39, 0.29) is 23.1 Å². The number of aryl methyl sites for hydroxylation is 3. The van der Waals surface area contributed by atoms with Crippen LogP contribution in [0.1, 0.15) is 46.1 Å². The van der Waals surface area contributed by atoms with Crippen LogP contribution in [0.5, 0.6) is 0 Å². The van der Waals surface area contributed by atoms with Crippen LogP contribution in [0, 0.1) is 20.8 Å². The Kier molecular flexibility index (Phi) is 5.37. The van der Waals surface area contributed by atoms with E-state index in [2.05, 4.69) is 41.5 Å². The van der Waals surface area contributed by atoms with Crippen LogP contribution in [0.15, 0.2) is 35.1 Å². The SMILES string of the molecule is CC[C@@H](Cc1ccc(C)cc1)NC(=O)c1c(C)cc(C)[nH]c1=O. The maximum Gasteiger partial charge on any atom is 0.261 e. The highest BCUT2D eigenvalue weighted by Gasteiger charge is 2.18. The molecule has 1 amide bonds. The van der Waals surface area contributed by atoms with Gasteiger partial charge < -0.3 is 10.3 Å². The first-order chi connectivity index (χ1) is 10.9. The first kappa shape index (κ1) is 17.0. The Labute approximate surface area is 137 Å². The van der Waals surface area contributed by atoms with E-state index in [0.29, 0.717) is 5.56 Å². The van der Waals surface area contributed by atoms with Crippen LogP contribution in [0.2, 0.25) is 0 Å². The molecule has 1 aromatic carbocycles. The first-order valence-electron chi connectivity index (χ1n) is 7.97. The van der Waals surface area contributed by atoms with Crippen LogP contribution in [0.25, 0.3) is 0 Å². The van der Waals surface area contributed by atoms with Crippen molar-refractivity contribution in [1.29, 1.82) is 0 Å². The van der Waals surface area contributed by atoms with Gasteiger partial charge in [-0.1, -0.05) is 36.8 Å². The molecule has 4 nitrogen and oxygen atoms in total. The van der Waals surface area contributed by atoms with Gasteiger partial charge >= 0.3 is 0 Å². The molecule has 0 aliphatic carbocycles. The molecule has 1 aromatic heterocycles. The fourth-order valence-electron chi connectivity index (χ4n) is 2.70. The summed E-state index contributed by atoms with van der Waals surface area (Å²) in [6.07, 6.45) is 1.56. The summed E-state index contributed by atoms with van der Waals surface area (Å²) in [6, 6.07) is 10.1. The number of rotatable bonds is 5. The molecule has 122 valence electrons. The van der Waals surface area contributed by atoms with Gasteiger partial charge in [0.2, 0.25) is 0 Å². The molecule has 2 N–H and O–H groups in total. The first-order valence-corrected chi connectivity index (χ1v) is 7.97. The Morgan fingerprint density at radius 2 is 1.83 bits per heavy atom. The molecule has 0 saturated carbocycles. The van der Waals surface area contributed by atoms with Crippen molar-refractivity contribution < 1.29 is 4.79 Å². The van der Waals surface area contributed by atoms with Gasteiger partial charge in [0.15, 0.2) is 0 Å². The van der Waals surface area contributed by atoms with Gasteiger partial charge in [0, 0.05) is 11.7 Å². The Balaban J connectivity index is 2.14. The van der Waals surface area contributed by atoms with Crippen molar-refractivity contribution in [3.05, 3.63) is 68.6 Å². The Bertz CT molecular complexity index is 745. The summed E-state index contributed by atoms with van der Waals surface area (Å²) in [6.45, 7) is 7.68. The maximum atomic E-state index is 12.5. The molecule has 0 saturated heterocycles. The van der Waals surface area contributed by atoms with E-state index < -0.39 is 0 Å². The number of pyridine rings is 1. The third-order valence-electron chi connectivity index (χ3n) is 4.02. The summed E-state index contributed by atoms with van der Waals surface area (Å²) >= 11 is 0. The van der Waals surface area contributed by atoms with E-state index >= 15 is 0 Å². The fraction of sp³-hybridized carbons (Fsp3) is 0.368. The lowest BCUT2D eigenvalue weighted by Crippen LogP contribution is -2.39. The minimum Gasteiger partial charge on any atom is -0.349 e. The number of aromatic amines is 1. The minimum absolute atomic E-state index is 0.00492. The van der Waals surface area contributed by atoms with Crippen LogP contribution in [-0.4, -0.2) is 16.9 Å². The van der Waals surface area contributed by atoms with Gasteiger partial charge in [-0.25, -0.2) is 0 Å². The number of H-pyrrole nitrogens is 1. The molecular weight excluding hydrogens is 288 g/mol. The average Bonchev–Trinajstić information content (AvgIpc) is 2.47. The van der Waals surface area contributed by atoms with Crippen molar-refractivity contribution in [2.24, 2.45) is 0 Å². The van der Waals surface area contributed by atoms with Crippen molar-refractivity contribution in [2.75, 3.05) is 0 Å². The molecule has 0 bridgehead atoms. The molecule has 0 aliphatic heterocycles. The third-order valence-corrected chi connectivity index (χ3v) is 4.02. The molecule has 2 rings (SSSR count). The van der Waals surface area contributed by atoms with E-state index in [4.69, 9.17) is 0 Å². The van der Waals surface area contributed by atoms with Gasteiger partial charge in [-0.15, -0.1) is 0 Å². The number of hydrogen-bond acceptors (Lipinski definition) is 2. The Morgan fingerprint density at radius 1 is 1.17 bits per heavy atom. The van der Waals surface area contributed by atoms with E-state index in [1.54, 1.807) is 6.92 Å². The number of carbonyl (C=O) groups is 1. The Hall–Kier alpha value is -2.36. The van der Waals surface area contributed by atoms with Crippen molar-refractivity contribution in [1.82, 2.24) is 10.3 Å². The summed E-state index contributed by atoms with van der Waals surface area (Å²) in [5, 5.41) is 2.99. The lowest BCUT2D eigenvalue weighted by molar-refractivity contribution is 0.0933. The van der Waals surface area contributed by atoms with Crippen LogP contribution in [-0.2, 0) is 6.42 Å². The molecular formula is C19H24N2O2. The number of nitrogens with one attached hydrogen (secondary N) is 2. The van der Waals surface area contributed by atoms with Gasteiger partial charge in [0.25, 0.3) is 11.5 Å². The quantitative estimate of drug-likeness (QED) is 0.891.